The smallest absolute Gasteiger partial charge is 0.321 e. The minimum atomic E-state index is -1.49. The molecule has 0 aliphatic carbocycles. The lowest BCUT2D eigenvalue weighted by Crippen LogP contribution is -2.21. The molecular weight excluding hydrogens is 216 g/mol. The first-order valence-corrected chi connectivity index (χ1v) is 7.25. The Labute approximate surface area is 99.7 Å². The number of hydrogen-bond acceptors (Lipinski definition) is 2. The average Bonchev–Trinajstić information content (AvgIpc) is 2.35. The summed E-state index contributed by atoms with van der Waals surface area (Å²) >= 11 is 0. The van der Waals surface area contributed by atoms with Gasteiger partial charge in [0.2, 0.25) is 0 Å². The van der Waals surface area contributed by atoms with Crippen molar-refractivity contribution in [3.05, 3.63) is 42.0 Å². The molecule has 0 aliphatic heterocycles. The Hall–Kier alpha value is -0.903. The van der Waals surface area contributed by atoms with Crippen molar-refractivity contribution in [1.82, 2.24) is 0 Å². The van der Waals surface area contributed by atoms with Gasteiger partial charge in [-0.15, -0.1) is 0 Å². The first kappa shape index (κ1) is 13.2. The third-order valence-electron chi connectivity index (χ3n) is 2.82. The van der Waals surface area contributed by atoms with Gasteiger partial charge in [0.15, 0.2) is 0 Å². The quantitative estimate of drug-likeness (QED) is 0.707. The number of benzene rings is 1. The standard InChI is InChI=1S/C13H20O2Si/c1-5-12-8-6-7-9-13(12)11(2)10-16(14-3)15-4/h5-9,11,16H,1,10H2,2-4H3. The summed E-state index contributed by atoms with van der Waals surface area (Å²) in [6, 6.07) is 9.33. The lowest BCUT2D eigenvalue weighted by atomic mass is 9.97. The average molecular weight is 236 g/mol. The summed E-state index contributed by atoms with van der Waals surface area (Å²) < 4.78 is 10.7. The Morgan fingerprint density at radius 1 is 1.31 bits per heavy atom. The van der Waals surface area contributed by atoms with E-state index in [1.165, 1.54) is 11.1 Å². The molecule has 0 spiro atoms. The highest BCUT2D eigenvalue weighted by molar-refractivity contribution is 6.44. The van der Waals surface area contributed by atoms with E-state index in [-0.39, 0.29) is 0 Å². The largest absolute Gasteiger partial charge is 0.400 e. The summed E-state index contributed by atoms with van der Waals surface area (Å²) in [4.78, 5) is 0. The highest BCUT2D eigenvalue weighted by Crippen LogP contribution is 2.25. The molecule has 0 saturated carbocycles. The first-order chi connectivity index (χ1) is 7.72. The van der Waals surface area contributed by atoms with Crippen molar-refractivity contribution in [2.24, 2.45) is 0 Å². The van der Waals surface area contributed by atoms with Crippen LogP contribution in [0, 0.1) is 0 Å². The zero-order chi connectivity index (χ0) is 12.0. The Kier molecular flexibility index (Phi) is 5.45. The zero-order valence-corrected chi connectivity index (χ0v) is 11.4. The van der Waals surface area contributed by atoms with Gasteiger partial charge in [-0.1, -0.05) is 43.8 Å². The zero-order valence-electron chi connectivity index (χ0n) is 10.3. The maximum absolute atomic E-state index is 5.36. The van der Waals surface area contributed by atoms with E-state index < -0.39 is 9.28 Å². The molecule has 0 fully saturated rings. The molecule has 3 heteroatoms. The minimum absolute atomic E-state index is 0.450. The topological polar surface area (TPSA) is 18.5 Å². The maximum Gasteiger partial charge on any atom is 0.321 e. The van der Waals surface area contributed by atoms with E-state index in [1.54, 1.807) is 14.2 Å². The number of rotatable bonds is 6. The molecule has 1 unspecified atom stereocenters. The molecule has 0 radical (unpaired) electrons. The van der Waals surface area contributed by atoms with Crippen LogP contribution >= 0.6 is 0 Å². The summed E-state index contributed by atoms with van der Waals surface area (Å²) in [5.74, 6) is 0.450. The molecule has 16 heavy (non-hydrogen) atoms. The van der Waals surface area contributed by atoms with E-state index >= 15 is 0 Å². The SMILES string of the molecule is C=Cc1ccccc1C(C)C[SiH](OC)OC. The summed E-state index contributed by atoms with van der Waals surface area (Å²) in [5.41, 5.74) is 2.53. The fourth-order valence-corrected chi connectivity index (χ4v) is 3.26. The van der Waals surface area contributed by atoms with Crippen LogP contribution < -0.4 is 0 Å². The predicted molar refractivity (Wildman–Crippen MR) is 70.9 cm³/mol. The summed E-state index contributed by atoms with van der Waals surface area (Å²) in [6.07, 6.45) is 1.90. The van der Waals surface area contributed by atoms with Gasteiger partial charge in [-0.3, -0.25) is 0 Å². The fraction of sp³-hybridized carbons (Fsp3) is 0.385. The minimum Gasteiger partial charge on any atom is -0.400 e. The van der Waals surface area contributed by atoms with Crippen molar-refractivity contribution in [2.45, 2.75) is 18.9 Å². The molecule has 88 valence electrons. The van der Waals surface area contributed by atoms with Gasteiger partial charge in [0.25, 0.3) is 0 Å². The molecule has 0 aromatic heterocycles. The van der Waals surface area contributed by atoms with Gasteiger partial charge in [0.1, 0.15) is 0 Å². The number of hydrogen-bond donors (Lipinski definition) is 0. The Morgan fingerprint density at radius 2 is 1.94 bits per heavy atom. The van der Waals surface area contributed by atoms with Crippen molar-refractivity contribution >= 4 is 15.4 Å². The van der Waals surface area contributed by atoms with Crippen LogP contribution in [0.1, 0.15) is 24.0 Å². The van der Waals surface area contributed by atoms with Crippen LogP contribution in [0.2, 0.25) is 6.04 Å². The van der Waals surface area contributed by atoms with Crippen LogP contribution in [0.4, 0.5) is 0 Å². The van der Waals surface area contributed by atoms with Gasteiger partial charge in [-0.2, -0.15) is 0 Å². The molecule has 0 saturated heterocycles. The predicted octanol–water partition coefficient (Wildman–Crippen LogP) is 2.95. The monoisotopic (exact) mass is 236 g/mol. The highest BCUT2D eigenvalue weighted by Gasteiger charge is 2.17. The van der Waals surface area contributed by atoms with Crippen molar-refractivity contribution in [1.29, 1.82) is 0 Å². The lowest BCUT2D eigenvalue weighted by Gasteiger charge is -2.18. The van der Waals surface area contributed by atoms with Crippen LogP contribution in [0.25, 0.3) is 6.08 Å². The van der Waals surface area contributed by atoms with Crippen LogP contribution in [0.15, 0.2) is 30.8 Å². The van der Waals surface area contributed by atoms with Gasteiger partial charge < -0.3 is 8.85 Å². The van der Waals surface area contributed by atoms with Crippen LogP contribution in [0.3, 0.4) is 0 Å². The van der Waals surface area contributed by atoms with Crippen molar-refractivity contribution < 1.29 is 8.85 Å². The molecule has 2 nitrogen and oxygen atoms in total. The Morgan fingerprint density at radius 3 is 2.50 bits per heavy atom. The molecule has 1 aromatic rings. The van der Waals surface area contributed by atoms with Crippen LogP contribution in [-0.4, -0.2) is 23.5 Å². The fourth-order valence-electron chi connectivity index (χ4n) is 1.85. The van der Waals surface area contributed by atoms with Gasteiger partial charge in [-0.05, 0) is 23.1 Å². The van der Waals surface area contributed by atoms with E-state index in [2.05, 4.69) is 31.7 Å². The van der Waals surface area contributed by atoms with E-state index in [0.29, 0.717) is 5.92 Å². The van der Waals surface area contributed by atoms with Crippen LogP contribution in [0.5, 0.6) is 0 Å². The van der Waals surface area contributed by atoms with Gasteiger partial charge in [0.05, 0.1) is 0 Å². The molecular formula is C13H20O2Si. The van der Waals surface area contributed by atoms with Gasteiger partial charge >= 0.3 is 9.28 Å². The first-order valence-electron chi connectivity index (χ1n) is 5.49. The summed E-state index contributed by atoms with van der Waals surface area (Å²) in [5, 5.41) is 0. The maximum atomic E-state index is 5.36. The van der Waals surface area contributed by atoms with Gasteiger partial charge in [-0.25, -0.2) is 0 Å². The Bertz CT molecular complexity index is 334. The lowest BCUT2D eigenvalue weighted by molar-refractivity contribution is 0.275. The van der Waals surface area contributed by atoms with E-state index in [0.717, 1.165) is 6.04 Å². The Balaban J connectivity index is 2.79. The van der Waals surface area contributed by atoms with Crippen molar-refractivity contribution in [2.75, 3.05) is 14.2 Å². The molecule has 0 N–H and O–H groups in total. The molecule has 0 aliphatic rings. The molecule has 0 bridgehead atoms. The summed E-state index contributed by atoms with van der Waals surface area (Å²) in [7, 11) is 1.97. The third-order valence-corrected chi connectivity index (χ3v) is 4.96. The molecule has 1 atom stereocenters. The van der Waals surface area contributed by atoms with E-state index in [9.17, 15) is 0 Å². The third kappa shape index (κ3) is 3.30. The van der Waals surface area contributed by atoms with Gasteiger partial charge in [0, 0.05) is 14.2 Å². The van der Waals surface area contributed by atoms with Crippen LogP contribution in [-0.2, 0) is 8.85 Å². The highest BCUT2D eigenvalue weighted by atomic mass is 28.3. The normalized spacial score (nSPS) is 12.8. The summed E-state index contributed by atoms with van der Waals surface area (Å²) in [6.45, 7) is 6.05. The second kappa shape index (κ2) is 6.63. The second-order valence-corrected chi connectivity index (χ2v) is 6.14. The van der Waals surface area contributed by atoms with Crippen molar-refractivity contribution in [3.63, 3.8) is 0 Å². The van der Waals surface area contributed by atoms with E-state index in [4.69, 9.17) is 8.85 Å². The second-order valence-electron chi connectivity index (χ2n) is 3.87. The molecule has 1 rings (SSSR count). The molecule has 0 heterocycles. The molecule has 0 amide bonds. The molecule has 1 aromatic carbocycles. The van der Waals surface area contributed by atoms with E-state index in [1.807, 2.05) is 12.1 Å². The van der Waals surface area contributed by atoms with Crippen molar-refractivity contribution in [3.8, 4) is 0 Å².